The molecule has 2 heterocycles. The molecule has 4 rings (SSSR count). The van der Waals surface area contributed by atoms with Gasteiger partial charge in [0, 0.05) is 16.0 Å². The van der Waals surface area contributed by atoms with Crippen LogP contribution in [0, 0.1) is 0 Å². The van der Waals surface area contributed by atoms with Crippen LogP contribution >= 0.6 is 11.3 Å². The summed E-state index contributed by atoms with van der Waals surface area (Å²) in [7, 11) is 0. The summed E-state index contributed by atoms with van der Waals surface area (Å²) in [6.07, 6.45) is 7.29. The monoisotopic (exact) mass is 323 g/mol. The Morgan fingerprint density at radius 2 is 1.87 bits per heavy atom. The Kier molecular flexibility index (Phi) is 3.82. The van der Waals surface area contributed by atoms with E-state index in [9.17, 15) is 0 Å². The molecule has 3 N–H and O–H groups in total. The topological polar surface area (TPSA) is 40.2 Å². The molecule has 0 spiro atoms. The molecule has 1 aliphatic rings. The highest BCUT2D eigenvalue weighted by Crippen LogP contribution is 2.39. The zero-order valence-corrected chi connectivity index (χ0v) is 14.4. The van der Waals surface area contributed by atoms with E-state index >= 15 is 0 Å². The summed E-state index contributed by atoms with van der Waals surface area (Å²) in [5, 5.41) is 1.31. The molecule has 0 atom stereocenters. The molecule has 1 aromatic carbocycles. The Balaban J connectivity index is 2.00. The number of thiophene rings is 1. The lowest BCUT2D eigenvalue weighted by molar-refractivity contribution is -0.328. The molecule has 2 aromatic heterocycles. The van der Waals surface area contributed by atoms with Crippen LogP contribution in [0.5, 0.6) is 0 Å². The van der Waals surface area contributed by atoms with E-state index in [2.05, 4.69) is 42.2 Å². The maximum atomic E-state index is 6.67. The van der Waals surface area contributed by atoms with E-state index in [1.165, 1.54) is 64.7 Å². The first-order valence-corrected chi connectivity index (χ1v) is 9.44. The highest BCUT2D eigenvalue weighted by molar-refractivity contribution is 7.18. The van der Waals surface area contributed by atoms with Crippen molar-refractivity contribution < 1.29 is 4.98 Å². The lowest BCUT2D eigenvalue weighted by Gasteiger charge is -2.08. The van der Waals surface area contributed by atoms with Crippen molar-refractivity contribution in [3.8, 4) is 11.3 Å². The third-order valence-electron chi connectivity index (χ3n) is 4.97. The van der Waals surface area contributed by atoms with Crippen LogP contribution in [0.3, 0.4) is 0 Å². The first-order valence-electron chi connectivity index (χ1n) is 8.63. The summed E-state index contributed by atoms with van der Waals surface area (Å²) in [6.45, 7) is 2.20. The number of hydrogen-bond acceptors (Lipinski definition) is 2. The molecule has 0 aliphatic heterocycles. The number of aromatic amines is 1. The number of nitrogens with one attached hydrogen (secondary N) is 1. The number of nitrogens with two attached hydrogens (primary N) is 1. The van der Waals surface area contributed by atoms with Gasteiger partial charge in [-0.1, -0.05) is 42.9 Å². The van der Waals surface area contributed by atoms with Gasteiger partial charge >= 0.3 is 0 Å². The maximum Gasteiger partial charge on any atom is 0.270 e. The van der Waals surface area contributed by atoms with E-state index in [-0.39, 0.29) is 0 Å². The van der Waals surface area contributed by atoms with Gasteiger partial charge in [-0.15, -0.1) is 0 Å². The molecule has 2 nitrogen and oxygen atoms in total. The van der Waals surface area contributed by atoms with Crippen molar-refractivity contribution in [2.24, 2.45) is 0 Å². The van der Waals surface area contributed by atoms with Crippen LogP contribution in [0.15, 0.2) is 30.3 Å². The summed E-state index contributed by atoms with van der Waals surface area (Å²) < 4.78 is 0. The Labute approximate surface area is 141 Å². The summed E-state index contributed by atoms with van der Waals surface area (Å²) >= 11 is 1.92. The average molecular weight is 323 g/mol. The minimum absolute atomic E-state index is 0.952. The standard InChI is InChI=1S/C20H22N2S/c1-2-14-18(21)17-15-11-7-4-8-12-16(15)23-20(17)22-19(14)13-9-5-3-6-10-13/h3,5-6,9-10H,2,4,7-8,11-12H2,1H3,(H2,21,22)/p+1. The van der Waals surface area contributed by atoms with Crippen LogP contribution in [0.4, 0.5) is 5.69 Å². The number of anilines is 1. The van der Waals surface area contributed by atoms with E-state index in [1.54, 1.807) is 4.88 Å². The van der Waals surface area contributed by atoms with Crippen LogP contribution in [-0.2, 0) is 19.3 Å². The first-order chi connectivity index (χ1) is 11.3. The van der Waals surface area contributed by atoms with Gasteiger partial charge in [-0.3, -0.25) is 0 Å². The molecule has 0 saturated carbocycles. The fraction of sp³-hybridized carbons (Fsp3) is 0.350. The molecule has 3 heteroatoms. The molecule has 3 aromatic rings. The molecule has 0 bridgehead atoms. The van der Waals surface area contributed by atoms with Gasteiger partial charge in [-0.2, -0.15) is 4.98 Å². The molecule has 118 valence electrons. The van der Waals surface area contributed by atoms with Gasteiger partial charge in [-0.25, -0.2) is 0 Å². The molecular weight excluding hydrogens is 300 g/mol. The molecule has 23 heavy (non-hydrogen) atoms. The van der Waals surface area contributed by atoms with Crippen molar-refractivity contribution in [2.75, 3.05) is 5.73 Å². The Morgan fingerprint density at radius 1 is 1.09 bits per heavy atom. The zero-order chi connectivity index (χ0) is 15.8. The third kappa shape index (κ3) is 2.43. The van der Waals surface area contributed by atoms with E-state index < -0.39 is 0 Å². The smallest absolute Gasteiger partial charge is 0.270 e. The van der Waals surface area contributed by atoms with Crippen LogP contribution in [0.25, 0.3) is 21.5 Å². The number of benzene rings is 1. The van der Waals surface area contributed by atoms with Gasteiger partial charge in [0.1, 0.15) is 0 Å². The third-order valence-corrected chi connectivity index (χ3v) is 6.18. The summed E-state index contributed by atoms with van der Waals surface area (Å²) in [5.74, 6) is 0. The normalized spacial score (nSPS) is 14.7. The van der Waals surface area contributed by atoms with Crippen molar-refractivity contribution in [1.29, 1.82) is 0 Å². The summed E-state index contributed by atoms with van der Waals surface area (Å²) in [5.41, 5.74) is 12.9. The Bertz CT molecular complexity index is 849. The number of pyridine rings is 1. The highest BCUT2D eigenvalue weighted by atomic mass is 32.1. The fourth-order valence-corrected chi connectivity index (χ4v) is 5.12. The second-order valence-electron chi connectivity index (χ2n) is 6.38. The molecule has 0 unspecified atom stereocenters. The van der Waals surface area contributed by atoms with E-state index in [0.717, 1.165) is 12.1 Å². The highest BCUT2D eigenvalue weighted by Gasteiger charge is 2.25. The van der Waals surface area contributed by atoms with Gasteiger partial charge in [0.15, 0.2) is 0 Å². The number of fused-ring (bicyclic) bond motifs is 3. The first kappa shape index (κ1) is 14.7. The minimum Gasteiger partial charge on any atom is -0.398 e. The van der Waals surface area contributed by atoms with Crippen molar-refractivity contribution in [3.63, 3.8) is 0 Å². The lowest BCUT2D eigenvalue weighted by Crippen LogP contribution is -2.13. The van der Waals surface area contributed by atoms with Crippen LogP contribution < -0.4 is 10.7 Å². The van der Waals surface area contributed by atoms with Crippen molar-refractivity contribution in [3.05, 3.63) is 46.3 Å². The summed E-state index contributed by atoms with van der Waals surface area (Å²) in [4.78, 5) is 6.52. The SMILES string of the molecule is CCc1c(-c2ccccc2)[nH+]c2sc3c(c2c1N)CCCCC3. The van der Waals surface area contributed by atoms with Gasteiger partial charge in [0.05, 0.1) is 11.1 Å². The zero-order valence-electron chi connectivity index (χ0n) is 13.6. The fourth-order valence-electron chi connectivity index (χ4n) is 3.81. The number of nitrogen functional groups attached to an aromatic ring is 1. The van der Waals surface area contributed by atoms with Crippen LogP contribution in [0.2, 0.25) is 0 Å². The Hall–Kier alpha value is -1.87. The number of aryl methyl sites for hydroxylation is 2. The predicted molar refractivity (Wildman–Crippen MR) is 98.9 cm³/mol. The number of H-pyrrole nitrogens is 1. The molecule has 0 fully saturated rings. The number of rotatable bonds is 2. The quantitative estimate of drug-likeness (QED) is 0.676. The molecule has 1 aliphatic carbocycles. The maximum absolute atomic E-state index is 6.67. The average Bonchev–Trinajstić information content (AvgIpc) is 2.77. The van der Waals surface area contributed by atoms with Gasteiger partial charge in [-0.05, 0) is 49.8 Å². The van der Waals surface area contributed by atoms with Gasteiger partial charge < -0.3 is 5.73 Å². The molecule has 0 saturated heterocycles. The molecule has 0 radical (unpaired) electrons. The van der Waals surface area contributed by atoms with E-state index in [4.69, 9.17) is 5.73 Å². The second kappa shape index (κ2) is 5.97. The van der Waals surface area contributed by atoms with E-state index in [1.807, 2.05) is 11.3 Å². The van der Waals surface area contributed by atoms with Crippen molar-refractivity contribution in [1.82, 2.24) is 0 Å². The second-order valence-corrected chi connectivity index (χ2v) is 7.49. The predicted octanol–water partition coefficient (Wildman–Crippen LogP) is 4.80. The van der Waals surface area contributed by atoms with Gasteiger partial charge in [0.2, 0.25) is 5.69 Å². The minimum atomic E-state index is 0.952. The van der Waals surface area contributed by atoms with E-state index in [0.29, 0.717) is 0 Å². The van der Waals surface area contributed by atoms with Crippen molar-refractivity contribution >= 4 is 27.2 Å². The number of aromatic nitrogens is 1. The molecular formula is C20H23N2S+. The lowest BCUT2D eigenvalue weighted by atomic mass is 9.98. The molecule has 0 amide bonds. The van der Waals surface area contributed by atoms with Crippen LogP contribution in [0.1, 0.15) is 42.2 Å². The van der Waals surface area contributed by atoms with Gasteiger partial charge in [0.25, 0.3) is 4.83 Å². The summed E-state index contributed by atoms with van der Waals surface area (Å²) in [6, 6.07) is 10.6. The number of hydrogen-bond donors (Lipinski definition) is 1. The Morgan fingerprint density at radius 3 is 2.65 bits per heavy atom. The van der Waals surface area contributed by atoms with Crippen LogP contribution in [-0.4, -0.2) is 0 Å². The van der Waals surface area contributed by atoms with Crippen molar-refractivity contribution in [2.45, 2.75) is 45.4 Å². The largest absolute Gasteiger partial charge is 0.398 e.